The van der Waals surface area contributed by atoms with Gasteiger partial charge in [0.25, 0.3) is 11.6 Å². The first kappa shape index (κ1) is 21.9. The number of rotatable bonds is 7. The van der Waals surface area contributed by atoms with E-state index in [-0.39, 0.29) is 24.7 Å². The third-order valence-electron chi connectivity index (χ3n) is 4.37. The van der Waals surface area contributed by atoms with Gasteiger partial charge in [-0.25, -0.2) is 9.78 Å². The van der Waals surface area contributed by atoms with E-state index in [4.69, 9.17) is 4.52 Å². The van der Waals surface area contributed by atoms with Crippen molar-refractivity contribution in [2.75, 3.05) is 12.4 Å². The molecule has 31 heavy (non-hydrogen) atoms. The number of nitro groups is 1. The van der Waals surface area contributed by atoms with Crippen molar-refractivity contribution < 1.29 is 19.0 Å². The highest BCUT2D eigenvalue weighted by Crippen LogP contribution is 2.19. The van der Waals surface area contributed by atoms with Crippen molar-refractivity contribution in [2.45, 2.75) is 26.9 Å². The van der Waals surface area contributed by atoms with Crippen molar-refractivity contribution in [3.05, 3.63) is 68.0 Å². The van der Waals surface area contributed by atoms with Crippen molar-refractivity contribution in [3.63, 3.8) is 0 Å². The molecule has 0 fully saturated rings. The smallest absolute Gasteiger partial charge is 0.321 e. The maximum Gasteiger partial charge on any atom is 0.321 e. The van der Waals surface area contributed by atoms with Gasteiger partial charge in [0.1, 0.15) is 11.3 Å². The molecule has 0 aliphatic heterocycles. The Morgan fingerprint density at radius 1 is 1.26 bits per heavy atom. The molecule has 0 saturated heterocycles. The fourth-order valence-electron chi connectivity index (χ4n) is 2.79. The lowest BCUT2D eigenvalue weighted by atomic mass is 10.2. The molecule has 2 heterocycles. The number of benzene rings is 1. The summed E-state index contributed by atoms with van der Waals surface area (Å²) in [6.07, 6.45) is 0. The Morgan fingerprint density at radius 3 is 2.58 bits per heavy atom. The van der Waals surface area contributed by atoms with Crippen LogP contribution in [-0.2, 0) is 13.1 Å². The lowest BCUT2D eigenvalue weighted by molar-refractivity contribution is -0.384. The van der Waals surface area contributed by atoms with Crippen LogP contribution in [0.3, 0.4) is 0 Å². The number of nitrogens with one attached hydrogen (secondary N) is 2. The quantitative estimate of drug-likeness (QED) is 0.420. The average Bonchev–Trinajstić information content (AvgIpc) is 3.31. The van der Waals surface area contributed by atoms with Crippen LogP contribution in [0.5, 0.6) is 0 Å². The Balaban J connectivity index is 1.51. The normalized spacial score (nSPS) is 10.5. The topological polar surface area (TPSA) is 144 Å². The zero-order chi connectivity index (χ0) is 22.5. The molecule has 1 aromatic carbocycles. The molecular formula is C19H20N6O5S. The van der Waals surface area contributed by atoms with Gasteiger partial charge in [0.2, 0.25) is 0 Å². The molecule has 0 spiro atoms. The lowest BCUT2D eigenvalue weighted by Gasteiger charge is -2.15. The van der Waals surface area contributed by atoms with E-state index in [1.165, 1.54) is 28.4 Å². The van der Waals surface area contributed by atoms with E-state index >= 15 is 0 Å². The van der Waals surface area contributed by atoms with Crippen LogP contribution in [0, 0.1) is 24.0 Å². The SMILES string of the molecule is Cc1noc(C)c1C(=O)N(C)Cc1csc(NC(=O)NCc2ccc([N+](=O)[O-])cc2)n1. The van der Waals surface area contributed by atoms with E-state index < -0.39 is 11.0 Å². The predicted molar refractivity (Wildman–Crippen MR) is 113 cm³/mol. The highest BCUT2D eigenvalue weighted by atomic mass is 32.1. The Hall–Kier alpha value is -3.80. The number of anilines is 1. The van der Waals surface area contributed by atoms with Crippen molar-refractivity contribution in [3.8, 4) is 0 Å². The fraction of sp³-hybridized carbons (Fsp3) is 0.263. The molecule has 2 aromatic heterocycles. The summed E-state index contributed by atoms with van der Waals surface area (Å²) >= 11 is 1.24. The fourth-order valence-corrected chi connectivity index (χ4v) is 3.49. The number of hydrogen-bond donors (Lipinski definition) is 2. The van der Waals surface area contributed by atoms with Gasteiger partial charge in [0.05, 0.1) is 22.9 Å². The molecule has 3 rings (SSSR count). The monoisotopic (exact) mass is 444 g/mol. The minimum Gasteiger partial charge on any atom is -0.361 e. The van der Waals surface area contributed by atoms with Crippen LogP contribution in [0.4, 0.5) is 15.6 Å². The Labute approximate surface area is 181 Å². The van der Waals surface area contributed by atoms with E-state index in [1.54, 1.807) is 38.4 Å². The zero-order valence-electron chi connectivity index (χ0n) is 17.0. The highest BCUT2D eigenvalue weighted by molar-refractivity contribution is 7.13. The third-order valence-corrected chi connectivity index (χ3v) is 5.17. The summed E-state index contributed by atoms with van der Waals surface area (Å²) in [4.78, 5) is 40.7. The lowest BCUT2D eigenvalue weighted by Crippen LogP contribution is -2.28. The molecule has 0 aliphatic carbocycles. The molecule has 0 aliphatic rings. The second kappa shape index (κ2) is 9.34. The number of carbonyl (C=O) groups is 2. The first-order chi connectivity index (χ1) is 14.7. The molecule has 0 saturated carbocycles. The van der Waals surface area contributed by atoms with Gasteiger partial charge >= 0.3 is 6.03 Å². The molecule has 2 N–H and O–H groups in total. The van der Waals surface area contributed by atoms with Gasteiger partial charge in [-0.3, -0.25) is 20.2 Å². The molecular weight excluding hydrogens is 424 g/mol. The van der Waals surface area contributed by atoms with Gasteiger partial charge in [-0.1, -0.05) is 17.3 Å². The average molecular weight is 444 g/mol. The van der Waals surface area contributed by atoms with Crippen LogP contribution < -0.4 is 10.6 Å². The van der Waals surface area contributed by atoms with Crippen LogP contribution in [0.1, 0.15) is 33.1 Å². The number of amides is 3. The molecule has 3 aromatic rings. The van der Waals surface area contributed by atoms with E-state index in [9.17, 15) is 19.7 Å². The van der Waals surface area contributed by atoms with Crippen LogP contribution >= 0.6 is 11.3 Å². The summed E-state index contributed by atoms with van der Waals surface area (Å²) in [5.41, 5.74) is 2.29. The summed E-state index contributed by atoms with van der Waals surface area (Å²) < 4.78 is 5.04. The number of carbonyl (C=O) groups excluding carboxylic acids is 2. The number of nitrogens with zero attached hydrogens (tertiary/aromatic N) is 4. The van der Waals surface area contributed by atoms with Gasteiger partial charge in [0, 0.05) is 31.1 Å². The van der Waals surface area contributed by atoms with E-state index in [0.29, 0.717) is 27.8 Å². The number of thiazole rings is 1. The van der Waals surface area contributed by atoms with Gasteiger partial charge in [0.15, 0.2) is 5.13 Å². The minimum atomic E-state index is -0.483. The number of hydrogen-bond acceptors (Lipinski definition) is 8. The first-order valence-electron chi connectivity index (χ1n) is 9.15. The van der Waals surface area contributed by atoms with Crippen LogP contribution in [-0.4, -0.2) is 38.9 Å². The predicted octanol–water partition coefficient (Wildman–Crippen LogP) is 3.25. The molecule has 162 valence electrons. The largest absolute Gasteiger partial charge is 0.361 e. The molecule has 12 heteroatoms. The maximum absolute atomic E-state index is 12.6. The van der Waals surface area contributed by atoms with Crippen LogP contribution in [0.2, 0.25) is 0 Å². The summed E-state index contributed by atoms with van der Waals surface area (Å²) in [6, 6.07) is 5.45. The van der Waals surface area contributed by atoms with E-state index in [2.05, 4.69) is 20.8 Å². The molecule has 0 atom stereocenters. The molecule has 0 radical (unpaired) electrons. The summed E-state index contributed by atoms with van der Waals surface area (Å²) in [6.45, 7) is 3.85. The van der Waals surface area contributed by atoms with Crippen LogP contribution in [0.15, 0.2) is 34.2 Å². The number of aryl methyl sites for hydroxylation is 2. The van der Waals surface area contributed by atoms with E-state index in [1.807, 2.05) is 0 Å². The Bertz CT molecular complexity index is 1090. The molecule has 11 nitrogen and oxygen atoms in total. The maximum atomic E-state index is 12.6. The highest BCUT2D eigenvalue weighted by Gasteiger charge is 2.21. The Kier molecular flexibility index (Phi) is 6.60. The second-order valence-corrected chi connectivity index (χ2v) is 7.59. The number of non-ortho nitro benzene ring substituents is 1. The molecule has 0 bridgehead atoms. The van der Waals surface area contributed by atoms with Gasteiger partial charge in [-0.2, -0.15) is 0 Å². The summed E-state index contributed by atoms with van der Waals surface area (Å²) in [5.74, 6) is 0.235. The van der Waals surface area contributed by atoms with Gasteiger partial charge in [-0.15, -0.1) is 11.3 Å². The first-order valence-corrected chi connectivity index (χ1v) is 10.0. The number of nitro benzene ring substituents is 1. The number of urea groups is 1. The molecule has 3 amide bonds. The van der Waals surface area contributed by atoms with Gasteiger partial charge in [-0.05, 0) is 19.4 Å². The van der Waals surface area contributed by atoms with Crippen LogP contribution in [0.25, 0.3) is 0 Å². The van der Waals surface area contributed by atoms with Crippen molar-refractivity contribution in [1.82, 2.24) is 20.4 Å². The van der Waals surface area contributed by atoms with Gasteiger partial charge < -0.3 is 14.7 Å². The van der Waals surface area contributed by atoms with Crippen molar-refractivity contribution in [1.29, 1.82) is 0 Å². The van der Waals surface area contributed by atoms with Crippen molar-refractivity contribution >= 4 is 34.1 Å². The second-order valence-electron chi connectivity index (χ2n) is 6.74. The van der Waals surface area contributed by atoms with Crippen molar-refractivity contribution in [2.24, 2.45) is 0 Å². The Morgan fingerprint density at radius 2 is 1.97 bits per heavy atom. The third kappa shape index (κ3) is 5.42. The van der Waals surface area contributed by atoms with E-state index in [0.717, 1.165) is 5.56 Å². The molecule has 0 unspecified atom stereocenters. The number of aromatic nitrogens is 2. The standard InChI is InChI=1S/C19H20N6O5S/c1-11-16(12(2)30-23-11)17(26)24(3)9-14-10-31-19(21-14)22-18(27)20-8-13-4-6-15(7-5-13)25(28)29/h4-7,10H,8-9H2,1-3H3,(H2,20,21,22,27). The summed E-state index contributed by atoms with van der Waals surface area (Å²) in [7, 11) is 1.65. The minimum absolute atomic E-state index is 0.0127. The summed E-state index contributed by atoms with van der Waals surface area (Å²) in [5, 5.41) is 21.9. The zero-order valence-corrected chi connectivity index (χ0v) is 17.9.